The predicted octanol–water partition coefficient (Wildman–Crippen LogP) is 0.568. The first kappa shape index (κ1) is 16.3. The number of allylic oxidation sites excluding steroid dienone is 1. The first-order valence-electron chi connectivity index (χ1n) is 2.28. The summed E-state index contributed by atoms with van der Waals surface area (Å²) in [5.74, 6) is -0.454. The zero-order valence-corrected chi connectivity index (χ0v) is 7.51. The topological polar surface area (TPSA) is 69.1 Å². The Hall–Kier alpha value is -0.410. The van der Waals surface area contributed by atoms with Crippen molar-refractivity contribution < 1.29 is 4.79 Å². The Morgan fingerprint density at radius 2 is 1.40 bits per heavy atom. The number of halogens is 2. The van der Waals surface area contributed by atoms with E-state index in [1.54, 1.807) is 13.8 Å². The number of nitrogens with two attached hydrogens (primary N) is 2. The molecule has 0 aliphatic rings. The van der Waals surface area contributed by atoms with Crippen LogP contribution in [0.25, 0.3) is 0 Å². The van der Waals surface area contributed by atoms with Crippen LogP contribution in [0.5, 0.6) is 0 Å². The van der Waals surface area contributed by atoms with Crippen LogP contribution in [0.3, 0.4) is 0 Å². The van der Waals surface area contributed by atoms with Crippen molar-refractivity contribution in [2.45, 2.75) is 13.8 Å². The maximum atomic E-state index is 10.2. The molecule has 5 heteroatoms. The summed E-state index contributed by atoms with van der Waals surface area (Å²) in [5, 5.41) is 0. The van der Waals surface area contributed by atoms with Crippen molar-refractivity contribution in [3.05, 3.63) is 11.3 Å². The van der Waals surface area contributed by atoms with E-state index in [0.29, 0.717) is 11.3 Å². The monoisotopic (exact) mass is 186 g/mol. The van der Waals surface area contributed by atoms with E-state index in [4.69, 9.17) is 11.5 Å². The maximum absolute atomic E-state index is 10.2. The van der Waals surface area contributed by atoms with E-state index in [9.17, 15) is 4.79 Å². The highest BCUT2D eigenvalue weighted by Gasteiger charge is 1.97. The van der Waals surface area contributed by atoms with Crippen molar-refractivity contribution in [3.63, 3.8) is 0 Å². The van der Waals surface area contributed by atoms with E-state index in [2.05, 4.69) is 0 Å². The Kier molecular flexibility index (Phi) is 10.9. The highest BCUT2D eigenvalue weighted by atomic mass is 35.5. The molecule has 3 nitrogen and oxygen atoms in total. The normalized spacial score (nSPS) is 10.2. The molecule has 0 radical (unpaired) electrons. The highest BCUT2D eigenvalue weighted by Crippen LogP contribution is 1.92. The van der Waals surface area contributed by atoms with Gasteiger partial charge in [-0.05, 0) is 13.8 Å². The fourth-order valence-corrected chi connectivity index (χ4v) is 0.194. The number of hydrogen-bond acceptors (Lipinski definition) is 2. The van der Waals surface area contributed by atoms with Gasteiger partial charge in [0.2, 0.25) is 5.91 Å². The smallest absolute Gasteiger partial charge is 0.246 e. The predicted molar refractivity (Wildman–Crippen MR) is 46.3 cm³/mol. The lowest BCUT2D eigenvalue weighted by Gasteiger charge is -1.94. The van der Waals surface area contributed by atoms with Gasteiger partial charge in [0.05, 0.1) is 0 Å². The molecule has 0 aromatic rings. The molecule has 0 saturated heterocycles. The molecule has 0 fully saturated rings. The number of primary amides is 1. The van der Waals surface area contributed by atoms with E-state index in [0.717, 1.165) is 0 Å². The molecular weight excluding hydrogens is 175 g/mol. The summed E-state index contributed by atoms with van der Waals surface area (Å²) in [6.07, 6.45) is 0. The average Bonchev–Trinajstić information content (AvgIpc) is 1.64. The molecule has 0 heterocycles. The van der Waals surface area contributed by atoms with Crippen molar-refractivity contribution in [1.82, 2.24) is 0 Å². The van der Waals surface area contributed by atoms with Gasteiger partial charge < -0.3 is 11.5 Å². The molecule has 0 aliphatic carbocycles. The molecule has 0 spiro atoms. The highest BCUT2D eigenvalue weighted by molar-refractivity contribution is 5.91. The molecule has 0 aromatic heterocycles. The Morgan fingerprint density at radius 3 is 1.40 bits per heavy atom. The summed E-state index contributed by atoms with van der Waals surface area (Å²) in [4.78, 5) is 10.2. The van der Waals surface area contributed by atoms with E-state index >= 15 is 0 Å². The van der Waals surface area contributed by atoms with E-state index in [-0.39, 0.29) is 24.8 Å². The van der Waals surface area contributed by atoms with Crippen LogP contribution >= 0.6 is 24.8 Å². The van der Waals surface area contributed by atoms with Crippen molar-refractivity contribution in [3.8, 4) is 0 Å². The zero-order chi connectivity index (χ0) is 6.73. The lowest BCUT2D eigenvalue weighted by Crippen LogP contribution is -2.15. The van der Waals surface area contributed by atoms with Gasteiger partial charge in [-0.1, -0.05) is 0 Å². The van der Waals surface area contributed by atoms with Gasteiger partial charge in [-0.2, -0.15) is 0 Å². The third-order valence-corrected chi connectivity index (χ3v) is 0.961. The van der Waals surface area contributed by atoms with E-state index in [1.165, 1.54) is 0 Å². The summed E-state index contributed by atoms with van der Waals surface area (Å²) in [5.41, 5.74) is 11.0. The fourth-order valence-electron chi connectivity index (χ4n) is 0.194. The Labute approximate surface area is 72.7 Å². The second-order valence-corrected chi connectivity index (χ2v) is 1.67. The third kappa shape index (κ3) is 5.72. The minimum atomic E-state index is -0.454. The van der Waals surface area contributed by atoms with Crippen molar-refractivity contribution in [2.75, 3.05) is 0 Å². The van der Waals surface area contributed by atoms with Crippen LogP contribution in [0.2, 0.25) is 0 Å². The minimum absolute atomic E-state index is 0. The van der Waals surface area contributed by atoms with Gasteiger partial charge in [0.25, 0.3) is 0 Å². The van der Waals surface area contributed by atoms with Crippen molar-refractivity contribution in [1.29, 1.82) is 0 Å². The van der Waals surface area contributed by atoms with Gasteiger partial charge in [-0.25, -0.2) is 0 Å². The molecule has 0 unspecified atom stereocenters. The largest absolute Gasteiger partial charge is 0.402 e. The second-order valence-electron chi connectivity index (χ2n) is 1.67. The standard InChI is InChI=1S/C5H10N2O.2ClH/c1-3(4(2)6)5(7)8;;/h6H2,1-2H3,(H2,7,8);2*1H/b4-3-;;. The minimum Gasteiger partial charge on any atom is -0.402 e. The molecule has 0 aromatic carbocycles. The SMILES string of the molecule is C/C(N)=C(\C)C(N)=O.Cl.Cl. The van der Waals surface area contributed by atoms with Gasteiger partial charge in [0.1, 0.15) is 0 Å². The molecule has 10 heavy (non-hydrogen) atoms. The lowest BCUT2D eigenvalue weighted by molar-refractivity contribution is -0.114. The summed E-state index contributed by atoms with van der Waals surface area (Å²) < 4.78 is 0. The molecule has 0 rings (SSSR count). The molecular formula is C5H12Cl2N2O. The molecule has 1 amide bonds. The summed E-state index contributed by atoms with van der Waals surface area (Å²) >= 11 is 0. The van der Waals surface area contributed by atoms with Crippen LogP contribution in [0, 0.1) is 0 Å². The van der Waals surface area contributed by atoms with Crippen LogP contribution in [0.1, 0.15) is 13.8 Å². The Morgan fingerprint density at radius 1 is 1.10 bits per heavy atom. The first-order chi connectivity index (χ1) is 3.55. The summed E-state index contributed by atoms with van der Waals surface area (Å²) in [6, 6.07) is 0. The van der Waals surface area contributed by atoms with Crippen LogP contribution in [0.4, 0.5) is 0 Å². The molecule has 0 bridgehead atoms. The maximum Gasteiger partial charge on any atom is 0.246 e. The first-order valence-corrected chi connectivity index (χ1v) is 2.28. The number of hydrogen-bond donors (Lipinski definition) is 2. The molecule has 0 aliphatic heterocycles. The third-order valence-electron chi connectivity index (χ3n) is 0.961. The van der Waals surface area contributed by atoms with Gasteiger partial charge in [-0.3, -0.25) is 4.79 Å². The summed E-state index contributed by atoms with van der Waals surface area (Å²) in [7, 11) is 0. The molecule has 62 valence electrons. The number of amides is 1. The number of rotatable bonds is 1. The van der Waals surface area contributed by atoms with Crippen LogP contribution in [-0.2, 0) is 4.79 Å². The Bertz CT molecular complexity index is 141. The van der Waals surface area contributed by atoms with Gasteiger partial charge in [0, 0.05) is 11.3 Å². The van der Waals surface area contributed by atoms with Crippen LogP contribution < -0.4 is 11.5 Å². The van der Waals surface area contributed by atoms with Gasteiger partial charge >= 0.3 is 0 Å². The summed E-state index contributed by atoms with van der Waals surface area (Å²) in [6.45, 7) is 3.23. The van der Waals surface area contributed by atoms with E-state index in [1.807, 2.05) is 0 Å². The Balaban J connectivity index is -0.000000245. The molecule has 4 N–H and O–H groups in total. The number of carbonyl (C=O) groups is 1. The lowest BCUT2D eigenvalue weighted by atomic mass is 10.2. The van der Waals surface area contributed by atoms with Gasteiger partial charge in [0.15, 0.2) is 0 Å². The van der Waals surface area contributed by atoms with Crippen molar-refractivity contribution in [2.24, 2.45) is 11.5 Å². The van der Waals surface area contributed by atoms with Gasteiger partial charge in [-0.15, -0.1) is 24.8 Å². The average molecular weight is 187 g/mol. The van der Waals surface area contributed by atoms with Crippen LogP contribution in [0.15, 0.2) is 11.3 Å². The zero-order valence-electron chi connectivity index (χ0n) is 5.88. The number of carbonyl (C=O) groups excluding carboxylic acids is 1. The van der Waals surface area contributed by atoms with Crippen molar-refractivity contribution >= 4 is 30.7 Å². The second kappa shape index (κ2) is 6.71. The quantitative estimate of drug-likeness (QED) is 0.589. The molecule has 0 saturated carbocycles. The molecule has 0 atom stereocenters. The fraction of sp³-hybridized carbons (Fsp3) is 0.400. The van der Waals surface area contributed by atoms with E-state index < -0.39 is 5.91 Å². The van der Waals surface area contributed by atoms with Crippen LogP contribution in [-0.4, -0.2) is 5.91 Å².